The van der Waals surface area contributed by atoms with Gasteiger partial charge in [0, 0.05) is 28.7 Å². The highest BCUT2D eigenvalue weighted by Crippen LogP contribution is 2.33. The van der Waals surface area contributed by atoms with Crippen LogP contribution >= 0.6 is 0 Å². The molecule has 0 aliphatic carbocycles. The molecule has 0 saturated heterocycles. The van der Waals surface area contributed by atoms with Crippen LogP contribution in [0.25, 0.3) is 33.3 Å². The Morgan fingerprint density at radius 1 is 0.731 bits per heavy atom. The standard InChI is InChI=1S/C20H13N5O/c1-3-7-16-14(5-1)18(15-6-2-4-8-17(15)22-16)23-20-25-24-19(26-20)13-9-11-21-12-10-13/h1-12H,(H,22,23,25). The molecule has 0 bridgehead atoms. The molecule has 0 saturated carbocycles. The summed E-state index contributed by atoms with van der Waals surface area (Å²) in [6.45, 7) is 0. The van der Waals surface area contributed by atoms with Gasteiger partial charge in [-0.3, -0.25) is 4.98 Å². The Kier molecular flexibility index (Phi) is 3.31. The second-order valence-corrected chi connectivity index (χ2v) is 5.79. The van der Waals surface area contributed by atoms with E-state index in [1.165, 1.54) is 0 Å². The molecule has 0 atom stereocenters. The number of anilines is 2. The SMILES string of the molecule is c1ccc2c(Nc3nnc(-c4ccncc4)o3)c3ccccc3nc2c1. The molecular formula is C20H13N5O. The smallest absolute Gasteiger partial charge is 0.320 e. The molecule has 5 aromatic rings. The van der Waals surface area contributed by atoms with Crippen LogP contribution in [0.4, 0.5) is 11.7 Å². The van der Waals surface area contributed by atoms with Crippen LogP contribution in [0.15, 0.2) is 77.5 Å². The highest BCUT2D eigenvalue weighted by atomic mass is 16.4. The Labute approximate surface area is 148 Å². The zero-order valence-corrected chi connectivity index (χ0v) is 13.6. The van der Waals surface area contributed by atoms with Gasteiger partial charge >= 0.3 is 6.01 Å². The molecule has 0 spiro atoms. The third-order valence-corrected chi connectivity index (χ3v) is 4.17. The summed E-state index contributed by atoms with van der Waals surface area (Å²) in [6, 6.07) is 19.9. The number of hydrogen-bond donors (Lipinski definition) is 1. The molecule has 6 nitrogen and oxygen atoms in total. The minimum atomic E-state index is 0.332. The van der Waals surface area contributed by atoms with Gasteiger partial charge in [0.25, 0.3) is 0 Å². The number of aromatic nitrogens is 4. The van der Waals surface area contributed by atoms with E-state index in [2.05, 4.69) is 20.5 Å². The van der Waals surface area contributed by atoms with E-state index in [0.29, 0.717) is 11.9 Å². The van der Waals surface area contributed by atoms with Gasteiger partial charge in [-0.25, -0.2) is 4.98 Å². The predicted octanol–water partition coefficient (Wildman–Crippen LogP) is 4.58. The van der Waals surface area contributed by atoms with Crippen LogP contribution in [0, 0.1) is 0 Å². The van der Waals surface area contributed by atoms with Crippen LogP contribution in [0.5, 0.6) is 0 Å². The van der Waals surface area contributed by atoms with Gasteiger partial charge in [0.2, 0.25) is 5.89 Å². The lowest BCUT2D eigenvalue weighted by Gasteiger charge is -2.10. The normalized spacial score (nSPS) is 11.1. The molecule has 0 amide bonds. The third-order valence-electron chi connectivity index (χ3n) is 4.17. The number of rotatable bonds is 3. The number of pyridine rings is 2. The van der Waals surface area contributed by atoms with Crippen molar-refractivity contribution in [2.75, 3.05) is 5.32 Å². The molecule has 1 N–H and O–H groups in total. The monoisotopic (exact) mass is 339 g/mol. The summed E-state index contributed by atoms with van der Waals surface area (Å²) < 4.78 is 5.79. The van der Waals surface area contributed by atoms with Gasteiger partial charge in [0.15, 0.2) is 0 Å². The second-order valence-electron chi connectivity index (χ2n) is 5.79. The molecule has 3 heterocycles. The quantitative estimate of drug-likeness (QED) is 0.485. The zero-order chi connectivity index (χ0) is 17.3. The number of hydrogen-bond acceptors (Lipinski definition) is 6. The summed E-state index contributed by atoms with van der Waals surface area (Å²) in [6.07, 6.45) is 3.38. The lowest BCUT2D eigenvalue weighted by atomic mass is 10.1. The van der Waals surface area contributed by atoms with E-state index in [1.807, 2.05) is 60.7 Å². The molecule has 3 aromatic heterocycles. The average Bonchev–Trinajstić information content (AvgIpc) is 3.17. The van der Waals surface area contributed by atoms with Crippen molar-refractivity contribution >= 4 is 33.5 Å². The summed E-state index contributed by atoms with van der Waals surface area (Å²) in [4.78, 5) is 8.72. The van der Waals surface area contributed by atoms with Crippen molar-refractivity contribution in [3.63, 3.8) is 0 Å². The first-order valence-corrected chi connectivity index (χ1v) is 8.17. The van der Waals surface area contributed by atoms with Gasteiger partial charge in [0.1, 0.15) is 0 Å². The fourth-order valence-corrected chi connectivity index (χ4v) is 2.97. The lowest BCUT2D eigenvalue weighted by Crippen LogP contribution is -1.95. The van der Waals surface area contributed by atoms with Crippen LogP contribution in [0.1, 0.15) is 0 Å². The van der Waals surface area contributed by atoms with Crippen LogP contribution in [-0.2, 0) is 0 Å². The van der Waals surface area contributed by atoms with Crippen molar-refractivity contribution in [3.8, 4) is 11.5 Å². The first-order chi connectivity index (χ1) is 12.9. The zero-order valence-electron chi connectivity index (χ0n) is 13.6. The van der Waals surface area contributed by atoms with Crippen molar-refractivity contribution in [3.05, 3.63) is 73.1 Å². The van der Waals surface area contributed by atoms with E-state index in [1.54, 1.807) is 12.4 Å². The minimum absolute atomic E-state index is 0.332. The predicted molar refractivity (Wildman–Crippen MR) is 100 cm³/mol. The van der Waals surface area contributed by atoms with Crippen LogP contribution < -0.4 is 5.32 Å². The maximum absolute atomic E-state index is 5.79. The largest absolute Gasteiger partial charge is 0.403 e. The molecule has 5 rings (SSSR count). The Hall–Kier alpha value is -3.80. The van der Waals surface area contributed by atoms with Crippen molar-refractivity contribution in [2.24, 2.45) is 0 Å². The van der Waals surface area contributed by atoms with E-state index in [9.17, 15) is 0 Å². The minimum Gasteiger partial charge on any atom is -0.403 e. The number of nitrogens with one attached hydrogen (secondary N) is 1. The van der Waals surface area contributed by atoms with E-state index in [0.717, 1.165) is 33.1 Å². The van der Waals surface area contributed by atoms with Gasteiger partial charge in [0.05, 0.1) is 16.7 Å². The molecule has 0 unspecified atom stereocenters. The Bertz CT molecular complexity index is 1160. The molecule has 0 radical (unpaired) electrons. The Morgan fingerprint density at radius 2 is 1.38 bits per heavy atom. The number of fused-ring (bicyclic) bond motifs is 2. The Morgan fingerprint density at radius 3 is 2.08 bits per heavy atom. The molecule has 26 heavy (non-hydrogen) atoms. The van der Waals surface area contributed by atoms with Crippen molar-refractivity contribution in [2.45, 2.75) is 0 Å². The van der Waals surface area contributed by atoms with Gasteiger partial charge < -0.3 is 9.73 Å². The molecule has 2 aromatic carbocycles. The molecule has 124 valence electrons. The molecule has 0 aliphatic rings. The van der Waals surface area contributed by atoms with Crippen molar-refractivity contribution in [1.29, 1.82) is 0 Å². The summed E-state index contributed by atoms with van der Waals surface area (Å²) in [5, 5.41) is 13.5. The highest BCUT2D eigenvalue weighted by molar-refractivity contribution is 6.08. The van der Waals surface area contributed by atoms with E-state index < -0.39 is 0 Å². The number of nitrogens with zero attached hydrogens (tertiary/aromatic N) is 4. The van der Waals surface area contributed by atoms with Crippen LogP contribution in [0.2, 0.25) is 0 Å². The molecular weight excluding hydrogens is 326 g/mol. The summed E-state index contributed by atoms with van der Waals surface area (Å²) in [5.41, 5.74) is 3.53. The van der Waals surface area contributed by atoms with E-state index in [-0.39, 0.29) is 0 Å². The number of para-hydroxylation sites is 2. The van der Waals surface area contributed by atoms with Gasteiger partial charge in [-0.15, -0.1) is 5.10 Å². The highest BCUT2D eigenvalue weighted by Gasteiger charge is 2.13. The summed E-state index contributed by atoms with van der Waals surface area (Å²) in [7, 11) is 0. The average molecular weight is 339 g/mol. The van der Waals surface area contributed by atoms with Crippen molar-refractivity contribution in [1.82, 2.24) is 20.2 Å². The van der Waals surface area contributed by atoms with E-state index >= 15 is 0 Å². The third kappa shape index (κ3) is 2.44. The second kappa shape index (κ2) is 5.93. The van der Waals surface area contributed by atoms with Gasteiger partial charge in [-0.1, -0.05) is 41.5 Å². The Balaban J connectivity index is 1.64. The first kappa shape index (κ1) is 14.5. The summed E-state index contributed by atoms with van der Waals surface area (Å²) >= 11 is 0. The molecule has 0 fully saturated rings. The van der Waals surface area contributed by atoms with E-state index in [4.69, 9.17) is 9.40 Å². The fraction of sp³-hybridized carbons (Fsp3) is 0. The summed E-state index contributed by atoms with van der Waals surface area (Å²) in [5.74, 6) is 0.442. The molecule has 6 heteroatoms. The topological polar surface area (TPSA) is 76.7 Å². The lowest BCUT2D eigenvalue weighted by molar-refractivity contribution is 0.588. The molecule has 0 aliphatic heterocycles. The van der Waals surface area contributed by atoms with Gasteiger partial charge in [-0.2, -0.15) is 0 Å². The van der Waals surface area contributed by atoms with Crippen molar-refractivity contribution < 1.29 is 4.42 Å². The first-order valence-electron chi connectivity index (χ1n) is 8.17. The van der Waals surface area contributed by atoms with Crippen LogP contribution in [-0.4, -0.2) is 20.2 Å². The maximum atomic E-state index is 5.79. The van der Waals surface area contributed by atoms with Crippen LogP contribution in [0.3, 0.4) is 0 Å². The number of benzene rings is 2. The van der Waals surface area contributed by atoms with Gasteiger partial charge in [-0.05, 0) is 24.3 Å². The fourth-order valence-electron chi connectivity index (χ4n) is 2.97. The maximum Gasteiger partial charge on any atom is 0.320 e.